The number of benzene rings is 2. The van der Waals surface area contributed by atoms with Gasteiger partial charge in [0, 0.05) is 25.3 Å². The third-order valence-corrected chi connectivity index (χ3v) is 4.41. The van der Waals surface area contributed by atoms with Crippen LogP contribution >= 0.6 is 0 Å². The summed E-state index contributed by atoms with van der Waals surface area (Å²) < 4.78 is 11.9. The maximum absolute atomic E-state index is 13.2. The molecule has 146 valence electrons. The van der Waals surface area contributed by atoms with E-state index in [0.29, 0.717) is 27.7 Å². The monoisotopic (exact) mass is 383 g/mol. The molecule has 1 aromatic heterocycles. The molecule has 0 unspecified atom stereocenters. The lowest BCUT2D eigenvalue weighted by molar-refractivity contribution is -0.105. The van der Waals surface area contributed by atoms with Gasteiger partial charge in [0.25, 0.3) is 11.5 Å². The number of nitrogens with one attached hydrogen (secondary N) is 1. The molecular formula is C20H21N3O5. The van der Waals surface area contributed by atoms with Crippen LogP contribution in [-0.2, 0) is 14.3 Å². The zero-order valence-electron chi connectivity index (χ0n) is 16.1. The van der Waals surface area contributed by atoms with Gasteiger partial charge in [-0.15, -0.1) is 0 Å². The number of rotatable bonds is 6. The second kappa shape index (κ2) is 8.30. The van der Waals surface area contributed by atoms with Crippen molar-refractivity contribution in [3.8, 4) is 5.69 Å². The number of carbonyl (C=O) groups is 1. The summed E-state index contributed by atoms with van der Waals surface area (Å²) in [6.45, 7) is 1.85. The SMILES string of the molecule is CONC(=O)c1ccc(C)c(-n2cnc3ccc(C(OC)OC)cc3c2=O)c1. The first-order valence-electron chi connectivity index (χ1n) is 8.51. The average Bonchev–Trinajstić information content (AvgIpc) is 2.70. The van der Waals surface area contributed by atoms with Crippen LogP contribution in [0.3, 0.4) is 0 Å². The van der Waals surface area contributed by atoms with Crippen molar-refractivity contribution in [1.82, 2.24) is 15.0 Å². The fourth-order valence-corrected chi connectivity index (χ4v) is 2.99. The summed E-state index contributed by atoms with van der Waals surface area (Å²) in [5, 5.41) is 0.422. The van der Waals surface area contributed by atoms with Gasteiger partial charge in [-0.2, -0.15) is 0 Å². The van der Waals surface area contributed by atoms with Crippen molar-refractivity contribution in [2.45, 2.75) is 13.2 Å². The van der Waals surface area contributed by atoms with Crippen LogP contribution < -0.4 is 11.0 Å². The summed E-state index contributed by atoms with van der Waals surface area (Å²) in [6, 6.07) is 10.3. The van der Waals surface area contributed by atoms with Crippen LogP contribution in [0.15, 0.2) is 47.5 Å². The molecule has 0 aliphatic rings. The van der Waals surface area contributed by atoms with Gasteiger partial charge in [-0.25, -0.2) is 10.5 Å². The largest absolute Gasteiger partial charge is 0.352 e. The van der Waals surface area contributed by atoms with Gasteiger partial charge in [0.1, 0.15) is 6.33 Å². The fraction of sp³-hybridized carbons (Fsp3) is 0.250. The molecule has 0 saturated carbocycles. The highest BCUT2D eigenvalue weighted by atomic mass is 16.7. The van der Waals surface area contributed by atoms with Gasteiger partial charge in [-0.1, -0.05) is 12.1 Å². The molecule has 0 saturated heterocycles. The summed E-state index contributed by atoms with van der Waals surface area (Å²) in [6.07, 6.45) is 0.870. The van der Waals surface area contributed by atoms with E-state index in [0.717, 1.165) is 5.56 Å². The molecule has 0 bridgehead atoms. The van der Waals surface area contributed by atoms with Crippen molar-refractivity contribution in [3.05, 3.63) is 69.8 Å². The highest BCUT2D eigenvalue weighted by Crippen LogP contribution is 2.21. The van der Waals surface area contributed by atoms with Crippen LogP contribution in [-0.4, -0.2) is 36.8 Å². The van der Waals surface area contributed by atoms with E-state index in [9.17, 15) is 9.59 Å². The maximum atomic E-state index is 13.2. The number of amides is 1. The fourth-order valence-electron chi connectivity index (χ4n) is 2.99. The molecule has 28 heavy (non-hydrogen) atoms. The number of ether oxygens (including phenoxy) is 2. The standard InChI is InChI=1S/C20H21N3O5/c1-12-5-6-13(18(24)22-28-4)10-17(12)23-11-21-16-8-7-14(20(26-2)27-3)9-15(16)19(23)25/h5-11,20H,1-4H3,(H,22,24). The number of hydrogen-bond acceptors (Lipinski definition) is 6. The predicted octanol–water partition coefficient (Wildman–Crippen LogP) is 2.28. The molecule has 3 aromatic rings. The van der Waals surface area contributed by atoms with Crippen molar-refractivity contribution in [2.75, 3.05) is 21.3 Å². The van der Waals surface area contributed by atoms with Gasteiger partial charge in [0.05, 0.1) is 23.7 Å². The molecule has 0 aliphatic heterocycles. The topological polar surface area (TPSA) is 91.7 Å². The van der Waals surface area contributed by atoms with Gasteiger partial charge in [0.2, 0.25) is 0 Å². The molecule has 2 aromatic carbocycles. The van der Waals surface area contributed by atoms with Crippen LogP contribution in [0.4, 0.5) is 0 Å². The van der Waals surface area contributed by atoms with E-state index in [2.05, 4.69) is 15.3 Å². The number of fused-ring (bicyclic) bond motifs is 1. The third-order valence-electron chi connectivity index (χ3n) is 4.41. The Balaban J connectivity index is 2.16. The first-order valence-corrected chi connectivity index (χ1v) is 8.51. The minimum absolute atomic E-state index is 0.259. The van der Waals surface area contributed by atoms with Crippen LogP contribution in [0.25, 0.3) is 16.6 Å². The summed E-state index contributed by atoms with van der Waals surface area (Å²) in [5.41, 5.74) is 5.01. The predicted molar refractivity (Wildman–Crippen MR) is 103 cm³/mol. The normalized spacial score (nSPS) is 11.2. The third kappa shape index (κ3) is 3.65. The second-order valence-corrected chi connectivity index (χ2v) is 6.14. The van der Waals surface area contributed by atoms with E-state index in [1.54, 1.807) is 36.4 Å². The van der Waals surface area contributed by atoms with Gasteiger partial charge >= 0.3 is 0 Å². The Morgan fingerprint density at radius 3 is 2.54 bits per heavy atom. The number of aryl methyl sites for hydroxylation is 1. The first kappa shape index (κ1) is 19.7. The molecule has 1 N–H and O–H groups in total. The van der Waals surface area contributed by atoms with E-state index in [1.165, 1.54) is 32.2 Å². The highest BCUT2D eigenvalue weighted by Gasteiger charge is 2.15. The van der Waals surface area contributed by atoms with Crippen LogP contribution in [0, 0.1) is 6.92 Å². The quantitative estimate of drug-likeness (QED) is 0.519. The second-order valence-electron chi connectivity index (χ2n) is 6.14. The maximum Gasteiger partial charge on any atom is 0.274 e. The Morgan fingerprint density at radius 2 is 1.86 bits per heavy atom. The highest BCUT2D eigenvalue weighted by molar-refractivity contribution is 5.94. The summed E-state index contributed by atoms with van der Waals surface area (Å²) in [4.78, 5) is 34.3. The molecule has 3 rings (SSSR count). The van der Waals surface area contributed by atoms with Crippen LogP contribution in [0.2, 0.25) is 0 Å². The van der Waals surface area contributed by atoms with Crippen LogP contribution in [0.1, 0.15) is 27.8 Å². The Kier molecular flexibility index (Phi) is 5.84. The summed E-state index contributed by atoms with van der Waals surface area (Å²) in [7, 11) is 4.41. The minimum atomic E-state index is -0.583. The lowest BCUT2D eigenvalue weighted by Crippen LogP contribution is -2.23. The number of hydrogen-bond donors (Lipinski definition) is 1. The smallest absolute Gasteiger partial charge is 0.274 e. The molecule has 8 nitrogen and oxygen atoms in total. The lowest BCUT2D eigenvalue weighted by Gasteiger charge is -2.15. The van der Waals surface area contributed by atoms with E-state index in [-0.39, 0.29) is 5.56 Å². The minimum Gasteiger partial charge on any atom is -0.352 e. The van der Waals surface area contributed by atoms with Crippen LogP contribution in [0.5, 0.6) is 0 Å². The van der Waals surface area contributed by atoms with Crippen molar-refractivity contribution in [2.24, 2.45) is 0 Å². The average molecular weight is 383 g/mol. The Hall–Kier alpha value is -3.07. The zero-order chi connectivity index (χ0) is 20.3. The summed E-state index contributed by atoms with van der Waals surface area (Å²) >= 11 is 0. The van der Waals surface area contributed by atoms with E-state index >= 15 is 0 Å². The molecule has 1 heterocycles. The summed E-state index contributed by atoms with van der Waals surface area (Å²) in [5.74, 6) is -0.407. The van der Waals surface area contributed by atoms with Crippen molar-refractivity contribution in [1.29, 1.82) is 0 Å². The lowest BCUT2D eigenvalue weighted by atomic mass is 10.1. The molecule has 0 aliphatic carbocycles. The number of nitrogens with zero attached hydrogens (tertiary/aromatic N) is 2. The van der Waals surface area contributed by atoms with Gasteiger partial charge in [-0.3, -0.25) is 19.0 Å². The molecule has 1 amide bonds. The Labute approximate surface area is 161 Å². The number of methoxy groups -OCH3 is 2. The van der Waals surface area contributed by atoms with Crippen molar-refractivity contribution in [3.63, 3.8) is 0 Å². The van der Waals surface area contributed by atoms with Crippen molar-refractivity contribution < 1.29 is 19.1 Å². The van der Waals surface area contributed by atoms with Gasteiger partial charge in [0.15, 0.2) is 6.29 Å². The van der Waals surface area contributed by atoms with Gasteiger partial charge in [-0.05, 0) is 36.8 Å². The van der Waals surface area contributed by atoms with E-state index in [1.807, 2.05) is 6.92 Å². The molecular weight excluding hydrogens is 362 g/mol. The zero-order valence-corrected chi connectivity index (χ0v) is 16.1. The number of hydroxylamine groups is 1. The molecule has 0 spiro atoms. The number of aromatic nitrogens is 2. The molecule has 8 heteroatoms. The Morgan fingerprint density at radius 1 is 1.11 bits per heavy atom. The molecule has 0 fully saturated rings. The van der Waals surface area contributed by atoms with E-state index < -0.39 is 12.2 Å². The molecule has 0 atom stereocenters. The molecule has 0 radical (unpaired) electrons. The van der Waals surface area contributed by atoms with Gasteiger partial charge < -0.3 is 9.47 Å². The van der Waals surface area contributed by atoms with Crippen molar-refractivity contribution >= 4 is 16.8 Å². The number of carbonyl (C=O) groups excluding carboxylic acids is 1. The van der Waals surface area contributed by atoms with E-state index in [4.69, 9.17) is 9.47 Å². The Bertz CT molecular complexity index is 1070. The first-order chi connectivity index (χ1) is 13.5.